The van der Waals surface area contributed by atoms with E-state index in [2.05, 4.69) is 43.6 Å². The third-order valence-corrected chi connectivity index (χ3v) is 9.44. The minimum absolute atomic E-state index is 0. The fraction of sp³-hybridized carbons (Fsp3) is 0.763. The Bertz CT molecular complexity index is 906. The van der Waals surface area contributed by atoms with E-state index < -0.39 is 12.1 Å². The van der Waals surface area contributed by atoms with Gasteiger partial charge in [-0.1, -0.05) is 101 Å². The molecule has 0 radical (unpaired) electrons. The third kappa shape index (κ3) is 23.0. The molecule has 0 fully saturated rings. The van der Waals surface area contributed by atoms with E-state index in [-0.39, 0.29) is 35.4 Å². The molecule has 0 aliphatic heterocycles. The number of ether oxygens (including phenoxy) is 1. The van der Waals surface area contributed by atoms with Gasteiger partial charge in [0.05, 0.1) is 26.2 Å². The number of hydrogen-bond acceptors (Lipinski definition) is 4. The van der Waals surface area contributed by atoms with Crippen molar-refractivity contribution in [1.29, 1.82) is 0 Å². The number of nitrogens with zero attached hydrogens (tertiary/aromatic N) is 1. The first kappa shape index (κ1) is 44.9. The Balaban J connectivity index is 0.0000212. The van der Waals surface area contributed by atoms with Gasteiger partial charge in [-0.05, 0) is 64.9 Å². The molecule has 47 heavy (non-hydrogen) atoms. The molecule has 3 amide bonds. The summed E-state index contributed by atoms with van der Waals surface area (Å²) in [5, 5.41) is 8.83. The third-order valence-electron chi connectivity index (χ3n) is 9.44. The molecule has 1 rings (SSSR count). The van der Waals surface area contributed by atoms with Crippen molar-refractivity contribution in [3.8, 4) is 0 Å². The van der Waals surface area contributed by atoms with E-state index in [9.17, 15) is 14.4 Å². The van der Waals surface area contributed by atoms with Crippen LogP contribution in [0.25, 0.3) is 0 Å². The first-order chi connectivity index (χ1) is 22.4. The molecular formula is C38H69BrN4O4. The van der Waals surface area contributed by atoms with Gasteiger partial charge in [-0.25, -0.2) is 4.79 Å². The first-order valence-corrected chi connectivity index (χ1v) is 18.8. The number of carbonyl (C=O) groups is 3. The number of nitrogens with one attached hydrogen (secondary N) is 3. The van der Waals surface area contributed by atoms with Gasteiger partial charge < -0.3 is 42.2 Å². The molecule has 1 aromatic rings. The number of amides is 3. The van der Waals surface area contributed by atoms with Crippen LogP contribution in [0, 0.1) is 0 Å². The number of rotatable bonds is 29. The average molecular weight is 726 g/mol. The van der Waals surface area contributed by atoms with Gasteiger partial charge >= 0.3 is 6.09 Å². The molecule has 0 aromatic heterocycles. The van der Waals surface area contributed by atoms with Gasteiger partial charge in [0.25, 0.3) is 0 Å². The van der Waals surface area contributed by atoms with Crippen LogP contribution >= 0.6 is 0 Å². The Morgan fingerprint density at radius 1 is 0.681 bits per heavy atom. The molecule has 1 atom stereocenters. The molecular weight excluding hydrogens is 656 g/mol. The number of quaternary nitrogens is 1. The fourth-order valence-corrected chi connectivity index (χ4v) is 5.97. The molecule has 0 bridgehead atoms. The van der Waals surface area contributed by atoms with Crippen LogP contribution in [-0.2, 0) is 20.9 Å². The van der Waals surface area contributed by atoms with Crippen LogP contribution in [0.3, 0.4) is 0 Å². The smallest absolute Gasteiger partial charge is 0.408 e. The summed E-state index contributed by atoms with van der Waals surface area (Å²) >= 11 is 0. The lowest BCUT2D eigenvalue weighted by atomic mass is 10.1. The largest absolute Gasteiger partial charge is 1.00 e. The Morgan fingerprint density at radius 2 is 1.23 bits per heavy atom. The molecule has 0 unspecified atom stereocenters. The van der Waals surface area contributed by atoms with Crippen molar-refractivity contribution in [3.63, 3.8) is 0 Å². The van der Waals surface area contributed by atoms with Gasteiger partial charge in [-0.15, -0.1) is 0 Å². The highest BCUT2D eigenvalue weighted by Crippen LogP contribution is 2.12. The van der Waals surface area contributed by atoms with Crippen molar-refractivity contribution in [2.75, 3.05) is 39.3 Å². The normalized spacial score (nSPS) is 11.7. The van der Waals surface area contributed by atoms with Gasteiger partial charge in [0.2, 0.25) is 11.8 Å². The highest BCUT2D eigenvalue weighted by atomic mass is 79.9. The SMILES string of the molecule is CCCCCCCCCCCCCC(=O)NCCCC[C@H](NC(=O)OCc1ccccc1)C(=O)NCCCC[N+](CC)(CC)CC.[Br-]. The lowest BCUT2D eigenvalue weighted by Crippen LogP contribution is -3.00. The van der Waals surface area contributed by atoms with Crippen LogP contribution in [0.4, 0.5) is 4.79 Å². The highest BCUT2D eigenvalue weighted by molar-refractivity contribution is 5.85. The van der Waals surface area contributed by atoms with E-state index >= 15 is 0 Å². The quantitative estimate of drug-likeness (QED) is 0.0797. The molecule has 0 aliphatic carbocycles. The Morgan fingerprint density at radius 3 is 1.83 bits per heavy atom. The molecule has 3 N–H and O–H groups in total. The molecule has 9 heteroatoms. The van der Waals surface area contributed by atoms with Crippen LogP contribution in [0.5, 0.6) is 0 Å². The van der Waals surface area contributed by atoms with Gasteiger partial charge in [0.1, 0.15) is 12.6 Å². The van der Waals surface area contributed by atoms with Crippen LogP contribution < -0.4 is 32.9 Å². The van der Waals surface area contributed by atoms with E-state index in [0.717, 1.165) is 68.3 Å². The van der Waals surface area contributed by atoms with Crippen molar-refractivity contribution in [2.45, 2.75) is 149 Å². The number of alkyl carbamates (subject to hydrolysis) is 1. The maximum Gasteiger partial charge on any atom is 0.408 e. The van der Waals surface area contributed by atoms with Crippen LogP contribution in [-0.4, -0.2) is 67.7 Å². The summed E-state index contributed by atoms with van der Waals surface area (Å²) in [4.78, 5) is 37.9. The summed E-state index contributed by atoms with van der Waals surface area (Å²) in [5.41, 5.74) is 0.892. The Hall–Kier alpha value is -2.13. The number of carbonyl (C=O) groups excluding carboxylic acids is 3. The highest BCUT2D eigenvalue weighted by Gasteiger charge is 2.22. The second-order valence-corrected chi connectivity index (χ2v) is 12.9. The van der Waals surface area contributed by atoms with Crippen LogP contribution in [0.1, 0.15) is 142 Å². The van der Waals surface area contributed by atoms with Gasteiger partial charge in [0, 0.05) is 19.5 Å². The number of benzene rings is 1. The Labute approximate surface area is 298 Å². The minimum atomic E-state index is -0.674. The maximum absolute atomic E-state index is 13.1. The van der Waals surface area contributed by atoms with Crippen LogP contribution in [0.2, 0.25) is 0 Å². The zero-order valence-corrected chi connectivity index (χ0v) is 32.0. The topological polar surface area (TPSA) is 96.5 Å². The molecule has 0 spiro atoms. The summed E-state index contributed by atoms with van der Waals surface area (Å²) in [5.74, 6) is -0.0795. The van der Waals surface area contributed by atoms with E-state index in [1.54, 1.807) is 0 Å². The maximum atomic E-state index is 13.1. The standard InChI is InChI=1S/C38H68N4O4.BrH/c1-5-9-10-11-12-13-14-15-16-17-21-29-36(43)39-30-23-22-28-35(41-38(45)46-33-34-26-19-18-20-27-34)37(44)40-31-24-25-32-42(6-2,7-3)8-4;/h18-20,26-27,35H,5-17,21-25,28-33H2,1-4H3,(H2-,39,40,41,43,44,45);1H/t35-;/m0./s1. The van der Waals surface area contributed by atoms with Crippen molar-refractivity contribution in [3.05, 3.63) is 35.9 Å². The van der Waals surface area contributed by atoms with Crippen molar-refractivity contribution in [1.82, 2.24) is 16.0 Å². The summed E-state index contributed by atoms with van der Waals surface area (Å²) in [6, 6.07) is 8.82. The summed E-state index contributed by atoms with van der Waals surface area (Å²) in [7, 11) is 0. The monoisotopic (exact) mass is 724 g/mol. The second-order valence-electron chi connectivity index (χ2n) is 12.9. The molecule has 0 aliphatic rings. The summed E-state index contributed by atoms with van der Waals surface area (Å²) < 4.78 is 6.49. The zero-order chi connectivity index (χ0) is 33.7. The van der Waals surface area contributed by atoms with E-state index in [1.807, 2.05) is 30.3 Å². The predicted molar refractivity (Wildman–Crippen MR) is 190 cm³/mol. The molecule has 0 saturated heterocycles. The molecule has 1 aromatic carbocycles. The average Bonchev–Trinajstić information content (AvgIpc) is 3.07. The van der Waals surface area contributed by atoms with E-state index in [4.69, 9.17) is 4.74 Å². The molecule has 272 valence electrons. The van der Waals surface area contributed by atoms with Crippen molar-refractivity contribution in [2.24, 2.45) is 0 Å². The van der Waals surface area contributed by atoms with Gasteiger partial charge in [-0.3, -0.25) is 9.59 Å². The minimum Gasteiger partial charge on any atom is -1.00 e. The van der Waals surface area contributed by atoms with Gasteiger partial charge in [-0.2, -0.15) is 0 Å². The van der Waals surface area contributed by atoms with Crippen molar-refractivity contribution < 1.29 is 40.6 Å². The number of hydrogen-bond donors (Lipinski definition) is 3. The number of unbranched alkanes of at least 4 members (excludes halogenated alkanes) is 12. The van der Waals surface area contributed by atoms with Crippen molar-refractivity contribution >= 4 is 17.9 Å². The summed E-state index contributed by atoms with van der Waals surface area (Å²) in [6.07, 6.45) is 17.8. The second kappa shape index (κ2) is 30.0. The van der Waals surface area contributed by atoms with E-state index in [0.29, 0.717) is 32.4 Å². The molecule has 0 heterocycles. The first-order valence-electron chi connectivity index (χ1n) is 18.8. The fourth-order valence-electron chi connectivity index (χ4n) is 5.97. The van der Waals surface area contributed by atoms with Crippen LogP contribution in [0.15, 0.2) is 30.3 Å². The molecule has 0 saturated carbocycles. The predicted octanol–water partition coefficient (Wildman–Crippen LogP) is 5.05. The lowest BCUT2D eigenvalue weighted by Gasteiger charge is -2.35. The van der Waals surface area contributed by atoms with E-state index in [1.165, 1.54) is 57.8 Å². The number of halogens is 1. The lowest BCUT2D eigenvalue weighted by molar-refractivity contribution is -0.923. The Kier molecular flexibility index (Phi) is 28.6. The molecule has 8 nitrogen and oxygen atoms in total. The summed E-state index contributed by atoms with van der Waals surface area (Å²) in [6.45, 7) is 14.8. The van der Waals surface area contributed by atoms with Gasteiger partial charge in [0.15, 0.2) is 0 Å². The zero-order valence-electron chi connectivity index (χ0n) is 30.4.